The molecule has 0 aliphatic rings. The van der Waals surface area contributed by atoms with Gasteiger partial charge in [-0.3, -0.25) is 15.6 Å². The first-order valence-electron chi connectivity index (χ1n) is 6.62. The van der Waals surface area contributed by atoms with Crippen LogP contribution in [0.5, 0.6) is 0 Å². The third kappa shape index (κ3) is 4.25. The molecule has 128 valence electrons. The zero-order valence-electron chi connectivity index (χ0n) is 12.4. The van der Waals surface area contributed by atoms with Crippen LogP contribution in [0.2, 0.25) is 0 Å². The third-order valence-corrected chi connectivity index (χ3v) is 4.18. The Labute approximate surface area is 136 Å². The summed E-state index contributed by atoms with van der Waals surface area (Å²) in [5.74, 6) is -0.766. The highest BCUT2D eigenvalue weighted by Gasteiger charge is 2.33. The predicted molar refractivity (Wildman–Crippen MR) is 82.1 cm³/mol. The Hall–Kier alpha value is -2.55. The molecule has 1 amide bonds. The molecule has 0 saturated heterocycles. The van der Waals surface area contributed by atoms with E-state index in [1.165, 1.54) is 30.3 Å². The molecule has 0 unspecified atom stereocenters. The lowest BCUT2D eigenvalue weighted by Crippen LogP contribution is -2.30. The lowest BCUT2D eigenvalue weighted by atomic mass is 10.2. The van der Waals surface area contributed by atoms with Gasteiger partial charge in [-0.2, -0.15) is 13.2 Å². The smallest absolute Gasteiger partial charge is 0.298 e. The molecule has 2 N–H and O–H groups in total. The van der Waals surface area contributed by atoms with Gasteiger partial charge in [0.25, 0.3) is 5.91 Å². The lowest BCUT2D eigenvalue weighted by molar-refractivity contribution is -0.137. The van der Waals surface area contributed by atoms with Gasteiger partial charge in [0.05, 0.1) is 16.1 Å². The maximum atomic E-state index is 12.9. The number of hydrogen-bond acceptors (Lipinski definition) is 4. The molecule has 5 nitrogen and oxygen atoms in total. The Morgan fingerprint density at radius 3 is 2.33 bits per heavy atom. The maximum Gasteiger partial charge on any atom is 0.418 e. The Morgan fingerprint density at radius 2 is 1.71 bits per heavy atom. The average molecular weight is 358 g/mol. The number of sulfone groups is 1. The second kappa shape index (κ2) is 6.52. The molecule has 0 radical (unpaired) electrons. The summed E-state index contributed by atoms with van der Waals surface area (Å²) in [5, 5.41) is 0. The van der Waals surface area contributed by atoms with Crippen LogP contribution in [0.15, 0.2) is 53.4 Å². The molecule has 2 aromatic carbocycles. The zero-order chi connectivity index (χ0) is 18.0. The molecule has 2 rings (SSSR count). The minimum absolute atomic E-state index is 0.00471. The van der Waals surface area contributed by atoms with E-state index in [0.29, 0.717) is 0 Å². The molecule has 0 saturated carbocycles. The number of carbonyl (C=O) groups is 1. The summed E-state index contributed by atoms with van der Waals surface area (Å²) in [7, 11) is -3.50. The Morgan fingerprint density at radius 1 is 1.04 bits per heavy atom. The molecule has 0 aromatic heterocycles. The fraction of sp³-hybridized carbons (Fsp3) is 0.133. The first kappa shape index (κ1) is 17.8. The lowest BCUT2D eigenvalue weighted by Gasteiger charge is -2.15. The summed E-state index contributed by atoms with van der Waals surface area (Å²) in [6, 6.07) is 9.82. The highest BCUT2D eigenvalue weighted by molar-refractivity contribution is 7.90. The van der Waals surface area contributed by atoms with Gasteiger partial charge in [-0.05, 0) is 30.3 Å². The van der Waals surface area contributed by atoms with Crippen molar-refractivity contribution in [1.82, 2.24) is 5.43 Å². The topological polar surface area (TPSA) is 75.3 Å². The highest BCUT2D eigenvalue weighted by Crippen LogP contribution is 2.34. The highest BCUT2D eigenvalue weighted by atomic mass is 32.2. The SMILES string of the molecule is CS(=O)(=O)c1cccc(C(=O)NNc2ccccc2C(F)(F)F)c1. The van der Waals surface area contributed by atoms with Crippen molar-refractivity contribution in [3.05, 3.63) is 59.7 Å². The van der Waals surface area contributed by atoms with E-state index in [0.717, 1.165) is 24.5 Å². The fourth-order valence-corrected chi connectivity index (χ4v) is 2.57. The van der Waals surface area contributed by atoms with Crippen molar-refractivity contribution in [2.45, 2.75) is 11.1 Å². The van der Waals surface area contributed by atoms with Crippen LogP contribution in [-0.4, -0.2) is 20.6 Å². The van der Waals surface area contributed by atoms with E-state index in [1.807, 2.05) is 0 Å². The number of rotatable bonds is 4. The fourth-order valence-electron chi connectivity index (χ4n) is 1.90. The molecule has 0 fully saturated rings. The van der Waals surface area contributed by atoms with Crippen molar-refractivity contribution in [2.75, 3.05) is 11.7 Å². The van der Waals surface area contributed by atoms with Gasteiger partial charge in [-0.1, -0.05) is 18.2 Å². The number of nitrogens with one attached hydrogen (secondary N) is 2. The van der Waals surface area contributed by atoms with Crippen molar-refractivity contribution in [1.29, 1.82) is 0 Å². The minimum Gasteiger partial charge on any atom is -0.298 e. The van der Waals surface area contributed by atoms with Gasteiger partial charge in [0.2, 0.25) is 0 Å². The number of benzene rings is 2. The van der Waals surface area contributed by atoms with E-state index in [9.17, 15) is 26.4 Å². The molecule has 0 atom stereocenters. The standard InChI is InChI=1S/C15H13F3N2O3S/c1-24(22,23)11-6-4-5-10(9-11)14(21)20-19-13-8-3-2-7-12(13)15(16,17)18/h2-9,19H,1H3,(H,20,21). The molecule has 9 heteroatoms. The molecular weight excluding hydrogens is 345 g/mol. The minimum atomic E-state index is -4.58. The van der Waals surface area contributed by atoms with Crippen LogP contribution < -0.4 is 10.9 Å². The van der Waals surface area contributed by atoms with E-state index in [1.54, 1.807) is 0 Å². The largest absolute Gasteiger partial charge is 0.418 e. The van der Waals surface area contributed by atoms with Crippen LogP contribution in [0, 0.1) is 0 Å². The van der Waals surface area contributed by atoms with Gasteiger partial charge >= 0.3 is 6.18 Å². The van der Waals surface area contributed by atoms with E-state index < -0.39 is 27.5 Å². The van der Waals surface area contributed by atoms with E-state index in [2.05, 4.69) is 10.9 Å². The number of alkyl halides is 3. The normalized spacial score (nSPS) is 11.8. The van der Waals surface area contributed by atoms with Crippen LogP contribution in [-0.2, 0) is 16.0 Å². The summed E-state index contributed by atoms with van der Waals surface area (Å²) < 4.78 is 61.5. The molecule has 0 aliphatic carbocycles. The molecule has 24 heavy (non-hydrogen) atoms. The summed E-state index contributed by atoms with van der Waals surface area (Å²) in [6.07, 6.45) is -3.59. The van der Waals surface area contributed by atoms with E-state index in [4.69, 9.17) is 0 Å². The Kier molecular flexibility index (Phi) is 4.83. The number of halogens is 3. The van der Waals surface area contributed by atoms with Crippen molar-refractivity contribution >= 4 is 21.4 Å². The van der Waals surface area contributed by atoms with Crippen molar-refractivity contribution < 1.29 is 26.4 Å². The molecule has 0 bridgehead atoms. The van der Waals surface area contributed by atoms with Crippen LogP contribution in [0.3, 0.4) is 0 Å². The summed E-state index contributed by atoms with van der Waals surface area (Å²) in [4.78, 5) is 11.9. The van der Waals surface area contributed by atoms with Gasteiger partial charge in [0.15, 0.2) is 9.84 Å². The first-order chi connectivity index (χ1) is 11.1. The van der Waals surface area contributed by atoms with Gasteiger partial charge in [0, 0.05) is 11.8 Å². The second-order valence-corrected chi connectivity index (χ2v) is 6.94. The van der Waals surface area contributed by atoms with Gasteiger partial charge in [-0.25, -0.2) is 8.42 Å². The zero-order valence-corrected chi connectivity index (χ0v) is 13.2. The number of hydrazine groups is 1. The predicted octanol–water partition coefficient (Wildman–Crippen LogP) is 2.87. The van der Waals surface area contributed by atoms with Crippen molar-refractivity contribution in [3.63, 3.8) is 0 Å². The van der Waals surface area contributed by atoms with Crippen LogP contribution in [0.4, 0.5) is 18.9 Å². The molecule has 0 spiro atoms. The van der Waals surface area contributed by atoms with Gasteiger partial charge in [-0.15, -0.1) is 0 Å². The number of anilines is 1. The Bertz CT molecular complexity index is 864. The summed E-state index contributed by atoms with van der Waals surface area (Å²) in [6.45, 7) is 0. The van der Waals surface area contributed by atoms with Crippen LogP contribution >= 0.6 is 0 Å². The molecule has 2 aromatic rings. The quantitative estimate of drug-likeness (QED) is 0.824. The third-order valence-electron chi connectivity index (χ3n) is 3.07. The first-order valence-corrected chi connectivity index (χ1v) is 8.51. The van der Waals surface area contributed by atoms with E-state index >= 15 is 0 Å². The van der Waals surface area contributed by atoms with Crippen LogP contribution in [0.1, 0.15) is 15.9 Å². The Balaban J connectivity index is 2.18. The van der Waals surface area contributed by atoms with E-state index in [-0.39, 0.29) is 16.1 Å². The van der Waals surface area contributed by atoms with Crippen molar-refractivity contribution in [3.8, 4) is 0 Å². The monoisotopic (exact) mass is 358 g/mol. The van der Waals surface area contributed by atoms with Crippen LogP contribution in [0.25, 0.3) is 0 Å². The maximum absolute atomic E-state index is 12.9. The number of carbonyl (C=O) groups excluding carboxylic acids is 1. The van der Waals surface area contributed by atoms with Crippen molar-refractivity contribution in [2.24, 2.45) is 0 Å². The van der Waals surface area contributed by atoms with Gasteiger partial charge < -0.3 is 0 Å². The number of hydrogen-bond donors (Lipinski definition) is 2. The summed E-state index contributed by atoms with van der Waals surface area (Å²) >= 11 is 0. The summed E-state index contributed by atoms with van der Waals surface area (Å²) in [5.41, 5.74) is 3.07. The molecular formula is C15H13F3N2O3S. The average Bonchev–Trinajstić information content (AvgIpc) is 2.51. The number of amides is 1. The number of para-hydroxylation sites is 1. The molecule has 0 aliphatic heterocycles. The second-order valence-electron chi connectivity index (χ2n) is 4.92. The van der Waals surface area contributed by atoms with Gasteiger partial charge in [0.1, 0.15) is 0 Å². The molecule has 0 heterocycles.